The summed E-state index contributed by atoms with van der Waals surface area (Å²) in [5.74, 6) is -1.25. The van der Waals surface area contributed by atoms with Gasteiger partial charge in [-0.1, -0.05) is 35.3 Å². The summed E-state index contributed by atoms with van der Waals surface area (Å²) in [5, 5.41) is 9.74. The summed E-state index contributed by atoms with van der Waals surface area (Å²) < 4.78 is 1.36. The third kappa shape index (κ3) is 2.71. The van der Waals surface area contributed by atoms with Gasteiger partial charge in [-0.15, -0.1) is 0 Å². The van der Waals surface area contributed by atoms with Crippen LogP contribution in [0.25, 0.3) is 0 Å². The molecule has 0 aliphatic heterocycles. The normalized spacial score (nSPS) is 10.6. The van der Waals surface area contributed by atoms with Crippen LogP contribution >= 0.6 is 23.2 Å². The van der Waals surface area contributed by atoms with Gasteiger partial charge in [0, 0.05) is 5.69 Å². The Kier molecular flexibility index (Phi) is 4.16. The van der Waals surface area contributed by atoms with Gasteiger partial charge in [0.05, 0.1) is 16.6 Å². The van der Waals surface area contributed by atoms with Gasteiger partial charge in [-0.25, -0.2) is 4.79 Å². The second-order valence-corrected chi connectivity index (χ2v) is 5.08. The lowest BCUT2D eigenvalue weighted by Gasteiger charge is -2.12. The van der Waals surface area contributed by atoms with Crippen LogP contribution in [0.2, 0.25) is 10.0 Å². The topological polar surface area (TPSA) is 59.3 Å². The fourth-order valence-electron chi connectivity index (χ4n) is 1.87. The molecular weight excluding hydrogens is 301 g/mol. The number of nitrogens with zero attached hydrogens (tertiary/aromatic N) is 1. The van der Waals surface area contributed by atoms with E-state index in [1.54, 1.807) is 31.2 Å². The summed E-state index contributed by atoms with van der Waals surface area (Å²) in [4.78, 5) is 23.1. The lowest BCUT2D eigenvalue weighted by atomic mass is 10.2. The maximum absolute atomic E-state index is 12.1. The molecule has 0 aliphatic carbocycles. The summed E-state index contributed by atoms with van der Waals surface area (Å²) in [6.07, 6.45) is 0. The molecule has 0 aliphatic rings. The standard InChI is InChI=1S/C14H11Cl2NO3/c1-8-5-6-10(14(19)20)13(18)17(8)7-9-3-2-4-11(15)12(9)16/h2-6H,7H2,1H3,(H,19,20). The van der Waals surface area contributed by atoms with Gasteiger partial charge in [0.15, 0.2) is 0 Å². The minimum absolute atomic E-state index is 0.172. The number of carboxylic acid groups (broad SMARTS) is 1. The van der Waals surface area contributed by atoms with Crippen molar-refractivity contribution in [3.05, 3.63) is 67.6 Å². The molecule has 0 amide bonds. The highest BCUT2D eigenvalue weighted by Gasteiger charge is 2.14. The maximum Gasteiger partial charge on any atom is 0.341 e. The number of rotatable bonds is 3. The van der Waals surface area contributed by atoms with Crippen molar-refractivity contribution >= 4 is 29.2 Å². The van der Waals surface area contributed by atoms with Gasteiger partial charge in [-0.2, -0.15) is 0 Å². The second-order valence-electron chi connectivity index (χ2n) is 4.30. The average molecular weight is 312 g/mol. The van der Waals surface area contributed by atoms with Crippen molar-refractivity contribution < 1.29 is 9.90 Å². The highest BCUT2D eigenvalue weighted by molar-refractivity contribution is 6.42. The first-order valence-electron chi connectivity index (χ1n) is 5.78. The summed E-state index contributed by atoms with van der Waals surface area (Å²) in [7, 11) is 0. The van der Waals surface area contributed by atoms with Crippen molar-refractivity contribution in [2.75, 3.05) is 0 Å². The van der Waals surface area contributed by atoms with E-state index < -0.39 is 11.5 Å². The second kappa shape index (κ2) is 5.69. The van der Waals surface area contributed by atoms with Crippen LogP contribution in [0, 0.1) is 6.92 Å². The number of hydrogen-bond donors (Lipinski definition) is 1. The largest absolute Gasteiger partial charge is 0.477 e. The third-order valence-corrected chi connectivity index (χ3v) is 3.84. The zero-order valence-electron chi connectivity index (χ0n) is 10.6. The van der Waals surface area contributed by atoms with Gasteiger partial charge >= 0.3 is 5.97 Å². The molecule has 104 valence electrons. The highest BCUT2D eigenvalue weighted by atomic mass is 35.5. The van der Waals surface area contributed by atoms with Crippen LogP contribution in [-0.4, -0.2) is 15.6 Å². The Morgan fingerprint density at radius 1 is 1.25 bits per heavy atom. The first-order valence-corrected chi connectivity index (χ1v) is 6.54. The first kappa shape index (κ1) is 14.6. The molecular formula is C14H11Cl2NO3. The number of halogens is 2. The molecule has 0 radical (unpaired) electrons. The van der Waals surface area contributed by atoms with E-state index in [1.807, 2.05) is 0 Å². The predicted molar refractivity (Wildman–Crippen MR) is 78.0 cm³/mol. The Morgan fingerprint density at radius 3 is 2.60 bits per heavy atom. The van der Waals surface area contributed by atoms with Crippen LogP contribution in [0.5, 0.6) is 0 Å². The van der Waals surface area contributed by atoms with Crippen LogP contribution < -0.4 is 5.56 Å². The maximum atomic E-state index is 12.1. The number of benzene rings is 1. The van der Waals surface area contributed by atoms with Crippen molar-refractivity contribution in [2.24, 2.45) is 0 Å². The quantitative estimate of drug-likeness (QED) is 0.947. The molecule has 0 fully saturated rings. The Balaban J connectivity index is 2.54. The number of aryl methyl sites for hydroxylation is 1. The van der Waals surface area contributed by atoms with Gasteiger partial charge in [0.25, 0.3) is 5.56 Å². The van der Waals surface area contributed by atoms with Crippen molar-refractivity contribution in [2.45, 2.75) is 13.5 Å². The van der Waals surface area contributed by atoms with Crippen LogP contribution in [0.4, 0.5) is 0 Å². The molecule has 0 spiro atoms. The molecule has 0 unspecified atom stereocenters. The fourth-order valence-corrected chi connectivity index (χ4v) is 2.25. The van der Waals surface area contributed by atoms with Gasteiger partial charge in [0.2, 0.25) is 0 Å². The molecule has 4 nitrogen and oxygen atoms in total. The molecule has 0 bridgehead atoms. The van der Waals surface area contributed by atoms with Crippen molar-refractivity contribution in [3.63, 3.8) is 0 Å². The summed E-state index contributed by atoms with van der Waals surface area (Å²) >= 11 is 12.0. The van der Waals surface area contributed by atoms with Gasteiger partial charge in [-0.05, 0) is 30.7 Å². The Hall–Kier alpha value is -1.78. The first-order chi connectivity index (χ1) is 9.41. The van der Waals surface area contributed by atoms with Crippen molar-refractivity contribution in [1.29, 1.82) is 0 Å². The van der Waals surface area contributed by atoms with E-state index in [9.17, 15) is 9.59 Å². The van der Waals surface area contributed by atoms with Crippen molar-refractivity contribution in [3.8, 4) is 0 Å². The van der Waals surface area contributed by atoms with Crippen LogP contribution in [-0.2, 0) is 6.54 Å². The minimum atomic E-state index is -1.25. The molecule has 1 aromatic carbocycles. The predicted octanol–water partition coefficient (Wildman–Crippen LogP) is 3.21. The zero-order chi connectivity index (χ0) is 14.9. The number of aromatic carboxylic acids is 1. The number of aromatic nitrogens is 1. The molecule has 1 N–H and O–H groups in total. The molecule has 2 aromatic rings. The van der Waals surface area contributed by atoms with E-state index in [4.69, 9.17) is 28.3 Å². The minimum Gasteiger partial charge on any atom is -0.477 e. The summed E-state index contributed by atoms with van der Waals surface area (Å²) in [5.41, 5.74) is 0.477. The lowest BCUT2D eigenvalue weighted by Crippen LogP contribution is -2.28. The zero-order valence-corrected chi connectivity index (χ0v) is 12.1. The molecule has 1 aromatic heterocycles. The highest BCUT2D eigenvalue weighted by Crippen LogP contribution is 2.26. The molecule has 0 atom stereocenters. The van der Waals surface area contributed by atoms with E-state index in [2.05, 4.69) is 0 Å². The Labute approximate surface area is 125 Å². The monoisotopic (exact) mass is 311 g/mol. The smallest absolute Gasteiger partial charge is 0.341 e. The van der Waals surface area contributed by atoms with E-state index in [-0.39, 0.29) is 12.1 Å². The van der Waals surface area contributed by atoms with E-state index >= 15 is 0 Å². The molecule has 20 heavy (non-hydrogen) atoms. The summed E-state index contributed by atoms with van der Waals surface area (Å²) in [6.45, 7) is 1.90. The van der Waals surface area contributed by atoms with E-state index in [0.29, 0.717) is 21.3 Å². The van der Waals surface area contributed by atoms with Gasteiger partial charge < -0.3 is 9.67 Å². The number of carbonyl (C=O) groups is 1. The Bertz CT molecular complexity index is 738. The Morgan fingerprint density at radius 2 is 1.95 bits per heavy atom. The third-order valence-electron chi connectivity index (χ3n) is 2.98. The number of pyridine rings is 1. The lowest BCUT2D eigenvalue weighted by molar-refractivity contribution is 0.0694. The summed E-state index contributed by atoms with van der Waals surface area (Å²) in [6, 6.07) is 8.01. The molecule has 0 saturated carbocycles. The van der Waals surface area contributed by atoms with Crippen LogP contribution in [0.3, 0.4) is 0 Å². The average Bonchev–Trinajstić information content (AvgIpc) is 2.38. The van der Waals surface area contributed by atoms with Crippen LogP contribution in [0.1, 0.15) is 21.6 Å². The van der Waals surface area contributed by atoms with Crippen LogP contribution in [0.15, 0.2) is 35.1 Å². The number of hydrogen-bond acceptors (Lipinski definition) is 2. The number of carboxylic acids is 1. The van der Waals surface area contributed by atoms with Gasteiger partial charge in [-0.3, -0.25) is 4.79 Å². The molecule has 0 saturated heterocycles. The van der Waals surface area contributed by atoms with E-state index in [0.717, 1.165) is 0 Å². The van der Waals surface area contributed by atoms with E-state index in [1.165, 1.54) is 10.6 Å². The van der Waals surface area contributed by atoms with Gasteiger partial charge in [0.1, 0.15) is 5.56 Å². The fraction of sp³-hybridized carbons (Fsp3) is 0.143. The molecule has 1 heterocycles. The van der Waals surface area contributed by atoms with Crippen molar-refractivity contribution in [1.82, 2.24) is 4.57 Å². The SMILES string of the molecule is Cc1ccc(C(=O)O)c(=O)n1Cc1cccc(Cl)c1Cl. The molecule has 6 heteroatoms. The molecule has 2 rings (SSSR count).